The first-order chi connectivity index (χ1) is 15.0. The summed E-state index contributed by atoms with van der Waals surface area (Å²) in [5.74, 6) is 0.163. The first-order valence-electron chi connectivity index (χ1n) is 11.1. The topological polar surface area (TPSA) is 49.9 Å². The molecule has 0 spiro atoms. The molecule has 1 amide bonds. The Hall–Kier alpha value is -3.08. The molecule has 2 saturated heterocycles. The van der Waals surface area contributed by atoms with Crippen molar-refractivity contribution in [3.8, 4) is 0 Å². The fraction of sp³-hybridized carbons (Fsp3) is 0.385. The summed E-state index contributed by atoms with van der Waals surface area (Å²) >= 11 is 0. The predicted molar refractivity (Wildman–Crippen MR) is 120 cm³/mol. The lowest BCUT2D eigenvalue weighted by molar-refractivity contribution is -0.146. The highest BCUT2D eigenvalue weighted by atomic mass is 16.5. The average molecular weight is 417 g/mol. The highest BCUT2D eigenvalue weighted by Gasteiger charge is 2.55. The van der Waals surface area contributed by atoms with Gasteiger partial charge < -0.3 is 14.5 Å². The number of cyclic esters (lactones) is 1. The van der Waals surface area contributed by atoms with Crippen molar-refractivity contribution >= 4 is 17.6 Å². The van der Waals surface area contributed by atoms with Gasteiger partial charge in [-0.1, -0.05) is 42.5 Å². The molecule has 0 radical (unpaired) electrons. The van der Waals surface area contributed by atoms with Gasteiger partial charge in [0, 0.05) is 43.3 Å². The molecule has 1 aliphatic carbocycles. The van der Waals surface area contributed by atoms with Crippen LogP contribution >= 0.6 is 0 Å². The maximum absolute atomic E-state index is 13.2. The van der Waals surface area contributed by atoms with Crippen molar-refractivity contribution in [1.82, 2.24) is 4.90 Å². The number of hydrogen-bond acceptors (Lipinski definition) is 4. The number of hydrogen-bond donors (Lipinski definition) is 0. The van der Waals surface area contributed by atoms with E-state index in [1.54, 1.807) is 0 Å². The van der Waals surface area contributed by atoms with E-state index < -0.39 is 5.41 Å². The second kappa shape index (κ2) is 7.88. The van der Waals surface area contributed by atoms with Gasteiger partial charge in [-0.25, -0.2) is 0 Å². The third-order valence-corrected chi connectivity index (χ3v) is 7.09. The molecule has 0 N–H and O–H groups in total. The first kappa shape index (κ1) is 19.9. The van der Waals surface area contributed by atoms with Crippen molar-refractivity contribution in [3.63, 3.8) is 0 Å². The number of anilines is 1. The fourth-order valence-electron chi connectivity index (χ4n) is 5.43. The van der Waals surface area contributed by atoms with Gasteiger partial charge in [-0.2, -0.15) is 0 Å². The Bertz CT molecular complexity index is 1010. The molecule has 2 aromatic carbocycles. The van der Waals surface area contributed by atoms with Crippen LogP contribution in [0.4, 0.5) is 5.69 Å². The minimum Gasteiger partial charge on any atom is -0.465 e. The van der Waals surface area contributed by atoms with Crippen LogP contribution in [0.15, 0.2) is 66.7 Å². The molecule has 5 nitrogen and oxygen atoms in total. The van der Waals surface area contributed by atoms with Gasteiger partial charge in [0.25, 0.3) is 5.91 Å². The molecular formula is C26H28N2O3. The number of fused-ring (bicyclic) bond motifs is 1. The number of benzene rings is 2. The summed E-state index contributed by atoms with van der Waals surface area (Å²) in [4.78, 5) is 30.0. The lowest BCUT2D eigenvalue weighted by atomic mass is 9.75. The maximum atomic E-state index is 13.2. The highest BCUT2D eigenvalue weighted by Crippen LogP contribution is 2.52. The summed E-state index contributed by atoms with van der Waals surface area (Å²) in [6.07, 6.45) is 2.16. The Balaban J connectivity index is 1.28. The number of amides is 1. The zero-order valence-corrected chi connectivity index (χ0v) is 17.8. The van der Waals surface area contributed by atoms with E-state index in [1.165, 1.54) is 5.69 Å². The molecule has 3 fully saturated rings. The molecule has 1 saturated carbocycles. The molecule has 2 aromatic rings. The Kier molecular flexibility index (Phi) is 5.05. The van der Waals surface area contributed by atoms with E-state index in [2.05, 4.69) is 23.6 Å². The zero-order valence-electron chi connectivity index (χ0n) is 17.8. The van der Waals surface area contributed by atoms with Gasteiger partial charge in [-0.05, 0) is 49.1 Å². The summed E-state index contributed by atoms with van der Waals surface area (Å²) < 4.78 is 5.40. The Labute approximate surface area is 183 Å². The van der Waals surface area contributed by atoms with Crippen LogP contribution in [0.1, 0.15) is 28.8 Å². The van der Waals surface area contributed by atoms with Crippen LogP contribution in [-0.2, 0) is 16.0 Å². The van der Waals surface area contributed by atoms with Crippen molar-refractivity contribution < 1.29 is 14.3 Å². The molecule has 0 aromatic heterocycles. The monoisotopic (exact) mass is 416 g/mol. The molecular weight excluding hydrogens is 388 g/mol. The first-order valence-corrected chi connectivity index (χ1v) is 11.1. The van der Waals surface area contributed by atoms with Crippen molar-refractivity contribution in [3.05, 3.63) is 77.9 Å². The van der Waals surface area contributed by atoms with Crippen LogP contribution in [0.3, 0.4) is 0 Å². The number of piperazine rings is 1. The van der Waals surface area contributed by atoms with E-state index in [-0.39, 0.29) is 17.8 Å². The Morgan fingerprint density at radius 3 is 2.61 bits per heavy atom. The largest absolute Gasteiger partial charge is 0.465 e. The smallest absolute Gasteiger partial charge is 0.313 e. The molecule has 2 atom stereocenters. The number of esters is 1. The van der Waals surface area contributed by atoms with Crippen molar-refractivity contribution in [1.29, 1.82) is 0 Å². The molecule has 0 bridgehead atoms. The highest BCUT2D eigenvalue weighted by molar-refractivity contribution is 5.94. The molecule has 2 unspecified atom stereocenters. The lowest BCUT2D eigenvalue weighted by Gasteiger charge is -2.36. The van der Waals surface area contributed by atoms with Gasteiger partial charge >= 0.3 is 5.97 Å². The summed E-state index contributed by atoms with van der Waals surface area (Å²) in [5.41, 5.74) is 3.55. The number of carbonyl (C=O) groups is 2. The van der Waals surface area contributed by atoms with Crippen molar-refractivity contribution in [2.45, 2.75) is 19.3 Å². The SMILES string of the molecule is C=C1CC2COC(=O)C2(Cc2cccc(C(=O)N3CCN(c4ccccc4)CC3)c2)C1. The number of carbonyl (C=O) groups excluding carboxylic acids is 2. The number of ether oxygens (including phenoxy) is 1. The molecule has 2 heterocycles. The summed E-state index contributed by atoms with van der Waals surface area (Å²) in [6, 6.07) is 18.1. The summed E-state index contributed by atoms with van der Waals surface area (Å²) in [6.45, 7) is 7.67. The zero-order chi connectivity index (χ0) is 21.4. The summed E-state index contributed by atoms with van der Waals surface area (Å²) in [5, 5.41) is 0. The van der Waals surface area contributed by atoms with Crippen molar-refractivity contribution in [2.24, 2.45) is 11.3 Å². The van der Waals surface area contributed by atoms with Gasteiger partial charge in [-0.3, -0.25) is 9.59 Å². The molecule has 5 heteroatoms. The molecule has 160 valence electrons. The van der Waals surface area contributed by atoms with E-state index in [0.29, 0.717) is 38.1 Å². The van der Waals surface area contributed by atoms with Gasteiger partial charge in [-0.15, -0.1) is 0 Å². The molecule has 5 rings (SSSR count). The third-order valence-electron chi connectivity index (χ3n) is 7.09. The fourth-order valence-corrected chi connectivity index (χ4v) is 5.43. The third kappa shape index (κ3) is 3.62. The molecule has 3 aliphatic rings. The quantitative estimate of drug-likeness (QED) is 0.563. The van der Waals surface area contributed by atoms with E-state index >= 15 is 0 Å². The standard InChI is InChI=1S/C26H28N2O3/c1-19-14-22-18-31-25(30)26(22,16-19)17-20-6-5-7-21(15-20)24(29)28-12-10-27(11-13-28)23-8-3-2-4-9-23/h2-9,15,22H,1,10-14,16-18H2. The lowest BCUT2D eigenvalue weighted by Crippen LogP contribution is -2.48. The second-order valence-corrected chi connectivity index (χ2v) is 9.07. The molecule has 31 heavy (non-hydrogen) atoms. The van der Waals surface area contributed by atoms with E-state index in [1.807, 2.05) is 47.4 Å². The van der Waals surface area contributed by atoms with Gasteiger partial charge in [0.15, 0.2) is 0 Å². The van der Waals surface area contributed by atoms with E-state index in [4.69, 9.17) is 4.74 Å². The van der Waals surface area contributed by atoms with Crippen LogP contribution in [-0.4, -0.2) is 49.6 Å². The minimum atomic E-state index is -0.500. The van der Waals surface area contributed by atoms with Gasteiger partial charge in [0.2, 0.25) is 0 Å². The minimum absolute atomic E-state index is 0.0634. The number of rotatable bonds is 4. The number of allylic oxidation sites excluding steroid dienone is 1. The van der Waals surface area contributed by atoms with E-state index in [9.17, 15) is 9.59 Å². The number of para-hydroxylation sites is 1. The van der Waals surface area contributed by atoms with Crippen LogP contribution < -0.4 is 4.90 Å². The number of nitrogens with zero attached hydrogens (tertiary/aromatic N) is 2. The predicted octanol–water partition coefficient (Wildman–Crippen LogP) is 3.70. The van der Waals surface area contributed by atoms with Crippen LogP contribution in [0.2, 0.25) is 0 Å². The maximum Gasteiger partial charge on any atom is 0.313 e. The van der Waals surface area contributed by atoms with Gasteiger partial charge in [0.05, 0.1) is 12.0 Å². The summed E-state index contributed by atoms with van der Waals surface area (Å²) in [7, 11) is 0. The van der Waals surface area contributed by atoms with Crippen molar-refractivity contribution in [2.75, 3.05) is 37.7 Å². The van der Waals surface area contributed by atoms with Crippen LogP contribution in [0.5, 0.6) is 0 Å². The molecule has 2 aliphatic heterocycles. The van der Waals surface area contributed by atoms with E-state index in [0.717, 1.165) is 30.6 Å². The van der Waals surface area contributed by atoms with Crippen LogP contribution in [0, 0.1) is 11.3 Å². The second-order valence-electron chi connectivity index (χ2n) is 9.07. The Morgan fingerprint density at radius 2 is 1.84 bits per heavy atom. The average Bonchev–Trinajstić information content (AvgIpc) is 3.27. The van der Waals surface area contributed by atoms with Gasteiger partial charge in [0.1, 0.15) is 0 Å². The Morgan fingerprint density at radius 1 is 1.06 bits per heavy atom. The normalized spacial score (nSPS) is 25.5. The van der Waals surface area contributed by atoms with Crippen LogP contribution in [0.25, 0.3) is 0 Å².